The van der Waals surface area contributed by atoms with Crippen molar-refractivity contribution >= 4 is 32.8 Å². The van der Waals surface area contributed by atoms with Crippen LogP contribution >= 0.6 is 0 Å². The molecule has 0 aliphatic carbocycles. The zero-order chi connectivity index (χ0) is 18.5. The first kappa shape index (κ1) is 21.3. The summed E-state index contributed by atoms with van der Waals surface area (Å²) in [6.07, 6.45) is 5.45. The quantitative estimate of drug-likeness (QED) is 0.533. The number of nitrogens with zero attached hydrogens (tertiary/aromatic N) is 1. The third-order valence-corrected chi connectivity index (χ3v) is 19.3. The Hall–Kier alpha value is -0.000260. The molecular weight excluding hydrogens is 383 g/mol. The molecule has 1 atom stereocenters. The molecular formula is C21H39GeNOSi. The number of hydrogen-bond donors (Lipinski definition) is 0. The topological polar surface area (TPSA) is 16.4 Å². The molecule has 0 N–H and O–H groups in total. The van der Waals surface area contributed by atoms with E-state index in [4.69, 9.17) is 4.42 Å². The normalized spacial score (nSPS) is 20.2. The van der Waals surface area contributed by atoms with Crippen LogP contribution in [0, 0.1) is 0 Å². The number of rotatable bonds is 9. The molecule has 0 amide bonds. The maximum atomic E-state index is 6.45. The van der Waals surface area contributed by atoms with Gasteiger partial charge in [-0.2, -0.15) is 0 Å². The average Bonchev–Trinajstić information content (AvgIpc) is 3.04. The minimum absolute atomic E-state index is 0.340. The van der Waals surface area contributed by atoms with Gasteiger partial charge in [-0.05, 0) is 0 Å². The van der Waals surface area contributed by atoms with Crippen LogP contribution in [-0.4, -0.2) is 46.8 Å². The predicted octanol–water partition coefficient (Wildman–Crippen LogP) is 4.79. The number of hydrogen-bond acceptors (Lipinski definition) is 2. The Balaban J connectivity index is 1.96. The first-order valence-electron chi connectivity index (χ1n) is 10.5. The number of likely N-dealkylation sites (tertiary alicyclic amines) is 1. The van der Waals surface area contributed by atoms with Crippen LogP contribution in [-0.2, 0) is 0 Å². The van der Waals surface area contributed by atoms with Crippen molar-refractivity contribution in [2.75, 3.05) is 13.1 Å². The molecule has 25 heavy (non-hydrogen) atoms. The Bertz CT molecular complexity index is 515. The molecule has 2 nitrogen and oxygen atoms in total. The molecule has 2 radical (unpaired) electrons. The first-order valence-corrected chi connectivity index (χ1v) is 17.0. The molecule has 0 aromatic carbocycles. The first-order chi connectivity index (χ1) is 11.9. The molecule has 1 aromatic rings. The van der Waals surface area contributed by atoms with E-state index in [9.17, 15) is 0 Å². The molecule has 1 fully saturated rings. The fourth-order valence-corrected chi connectivity index (χ4v) is 12.7. The molecule has 142 valence electrons. The Labute approximate surface area is 161 Å². The van der Waals surface area contributed by atoms with Crippen LogP contribution in [0.25, 0.3) is 0 Å². The molecule has 0 spiro atoms. The van der Waals surface area contributed by atoms with Gasteiger partial charge in [-0.15, -0.1) is 0 Å². The Morgan fingerprint density at radius 2 is 1.84 bits per heavy atom. The van der Waals surface area contributed by atoms with Crippen molar-refractivity contribution in [3.8, 4) is 0 Å². The van der Waals surface area contributed by atoms with Crippen LogP contribution in [0.15, 0.2) is 16.5 Å². The summed E-state index contributed by atoms with van der Waals surface area (Å²) in [6, 6.07) is 5.40. The van der Waals surface area contributed by atoms with Crippen LogP contribution < -0.4 is 9.98 Å². The molecule has 0 saturated carbocycles. The van der Waals surface area contributed by atoms with E-state index in [1.54, 1.807) is 0 Å². The maximum absolute atomic E-state index is 6.45. The van der Waals surface area contributed by atoms with Crippen molar-refractivity contribution in [1.82, 2.24) is 4.90 Å². The zero-order valence-corrected chi connectivity index (χ0v) is 20.5. The van der Waals surface area contributed by atoms with Gasteiger partial charge in [-0.1, -0.05) is 0 Å². The summed E-state index contributed by atoms with van der Waals surface area (Å²) in [5.41, 5.74) is 0. The number of piperidine rings is 1. The van der Waals surface area contributed by atoms with Crippen LogP contribution in [0.2, 0.25) is 20.8 Å². The van der Waals surface area contributed by atoms with Crippen LogP contribution in [0.4, 0.5) is 0 Å². The van der Waals surface area contributed by atoms with Gasteiger partial charge in [0.25, 0.3) is 0 Å². The summed E-state index contributed by atoms with van der Waals surface area (Å²) in [5, 5.41) is 5.63. The molecule has 1 aliphatic heterocycles. The van der Waals surface area contributed by atoms with E-state index in [1.165, 1.54) is 64.5 Å². The summed E-state index contributed by atoms with van der Waals surface area (Å²) in [4.78, 5) is 2.70. The SMILES string of the molecule is C[CH2][Ge]([CH2]C)([CH2]C)[c]1ccc([Si]C(C)(C)CCN2CCCCC2C)o1. The second kappa shape index (κ2) is 9.27. The number of furan rings is 1. The van der Waals surface area contributed by atoms with Crippen molar-refractivity contribution in [2.45, 2.75) is 94.1 Å². The second-order valence-electron chi connectivity index (χ2n) is 8.64. The van der Waals surface area contributed by atoms with Crippen molar-refractivity contribution < 1.29 is 4.42 Å². The van der Waals surface area contributed by atoms with Crippen LogP contribution in [0.1, 0.15) is 67.2 Å². The van der Waals surface area contributed by atoms with E-state index in [0.717, 1.165) is 15.6 Å². The third kappa shape index (κ3) is 5.49. The summed E-state index contributed by atoms with van der Waals surface area (Å²) < 4.78 is 7.85. The molecule has 1 saturated heterocycles. The Morgan fingerprint density at radius 3 is 2.44 bits per heavy atom. The van der Waals surface area contributed by atoms with Gasteiger partial charge in [-0.25, -0.2) is 0 Å². The van der Waals surface area contributed by atoms with Gasteiger partial charge >= 0.3 is 161 Å². The van der Waals surface area contributed by atoms with E-state index < -0.39 is 13.3 Å². The summed E-state index contributed by atoms with van der Waals surface area (Å²) in [5.74, 6) is 0. The van der Waals surface area contributed by atoms with E-state index in [-0.39, 0.29) is 0 Å². The van der Waals surface area contributed by atoms with Gasteiger partial charge in [0, 0.05) is 0 Å². The van der Waals surface area contributed by atoms with Crippen molar-refractivity contribution in [2.24, 2.45) is 0 Å². The molecule has 2 rings (SSSR count). The fourth-order valence-electron chi connectivity index (χ4n) is 4.27. The van der Waals surface area contributed by atoms with E-state index in [0.29, 0.717) is 5.04 Å². The van der Waals surface area contributed by atoms with Crippen LogP contribution in [0.3, 0.4) is 0 Å². The van der Waals surface area contributed by atoms with E-state index in [2.05, 4.69) is 58.6 Å². The van der Waals surface area contributed by atoms with Gasteiger partial charge in [0.1, 0.15) is 0 Å². The van der Waals surface area contributed by atoms with Gasteiger partial charge in [-0.3, -0.25) is 0 Å². The van der Waals surface area contributed by atoms with Crippen molar-refractivity contribution in [3.63, 3.8) is 0 Å². The molecule has 0 bridgehead atoms. The fraction of sp³-hybridized carbons (Fsp3) is 0.810. The van der Waals surface area contributed by atoms with E-state index in [1.807, 2.05) is 0 Å². The van der Waals surface area contributed by atoms with Crippen molar-refractivity contribution in [3.05, 3.63) is 12.1 Å². The van der Waals surface area contributed by atoms with Gasteiger partial charge < -0.3 is 0 Å². The predicted molar refractivity (Wildman–Crippen MR) is 114 cm³/mol. The third-order valence-electron chi connectivity index (χ3n) is 6.59. The Kier molecular flexibility index (Phi) is 7.90. The zero-order valence-electron chi connectivity index (χ0n) is 17.5. The standard InChI is InChI=1S/C21H39GeNOSi/c1-7-22(8-2,9-3)19-13-14-20(24-19)25-21(5,6)15-17-23-16-11-10-12-18(23)4/h13-14,18H,7-12,15-17H2,1-6H3. The summed E-state index contributed by atoms with van der Waals surface area (Å²) in [7, 11) is 0.785. The molecule has 1 aliphatic rings. The second-order valence-corrected chi connectivity index (χ2v) is 21.6. The minimum atomic E-state index is -1.93. The molecule has 1 unspecified atom stereocenters. The molecule has 1 aromatic heterocycles. The van der Waals surface area contributed by atoms with E-state index >= 15 is 0 Å². The summed E-state index contributed by atoms with van der Waals surface area (Å²) in [6.45, 7) is 16.9. The van der Waals surface area contributed by atoms with Gasteiger partial charge in [0.05, 0.1) is 0 Å². The van der Waals surface area contributed by atoms with Crippen molar-refractivity contribution in [1.29, 1.82) is 0 Å². The monoisotopic (exact) mass is 423 g/mol. The Morgan fingerprint density at radius 1 is 1.16 bits per heavy atom. The summed E-state index contributed by atoms with van der Waals surface area (Å²) >= 11 is -1.93. The average molecular weight is 422 g/mol. The molecule has 4 heteroatoms. The molecule has 2 heterocycles. The van der Waals surface area contributed by atoms with Crippen LogP contribution in [0.5, 0.6) is 0 Å². The van der Waals surface area contributed by atoms with Gasteiger partial charge in [0.15, 0.2) is 0 Å². The van der Waals surface area contributed by atoms with Gasteiger partial charge in [0.2, 0.25) is 0 Å².